The van der Waals surface area contributed by atoms with E-state index in [2.05, 4.69) is 6.92 Å². The Kier molecular flexibility index (Phi) is 5.10. The molecule has 0 fully saturated rings. The van der Waals surface area contributed by atoms with Crippen LogP contribution in [0.3, 0.4) is 0 Å². The summed E-state index contributed by atoms with van der Waals surface area (Å²) in [6.45, 7) is 2.65. The van der Waals surface area contributed by atoms with Gasteiger partial charge in [0, 0.05) is 25.6 Å². The number of benzene rings is 1. The van der Waals surface area contributed by atoms with Crippen molar-refractivity contribution in [3.8, 4) is 0 Å². The summed E-state index contributed by atoms with van der Waals surface area (Å²) < 4.78 is 0. The van der Waals surface area contributed by atoms with Crippen LogP contribution in [0.15, 0.2) is 24.3 Å². The minimum absolute atomic E-state index is 0.00361. The minimum Gasteiger partial charge on any atom is -0.393 e. The van der Waals surface area contributed by atoms with E-state index in [1.54, 1.807) is 11.9 Å². The van der Waals surface area contributed by atoms with Crippen molar-refractivity contribution in [3.63, 3.8) is 0 Å². The molecule has 0 aliphatic rings. The normalized spacial score (nSPS) is 10.0. The largest absolute Gasteiger partial charge is 0.393 e. The van der Waals surface area contributed by atoms with Crippen LogP contribution in [-0.2, 0) is 6.42 Å². The highest BCUT2D eigenvalue weighted by molar-refractivity contribution is 7.80. The molecule has 1 aromatic rings. The zero-order chi connectivity index (χ0) is 12.8. The van der Waals surface area contributed by atoms with Crippen LogP contribution in [-0.4, -0.2) is 29.4 Å². The number of rotatable bonds is 5. The molecule has 1 amide bonds. The molecule has 0 aliphatic heterocycles. The molecule has 1 rings (SSSR count). The lowest BCUT2D eigenvalue weighted by atomic mass is 10.1. The Morgan fingerprint density at radius 2 is 1.94 bits per heavy atom. The first-order valence-corrected chi connectivity index (χ1v) is 6.08. The molecule has 0 bridgehead atoms. The van der Waals surface area contributed by atoms with Gasteiger partial charge in [-0.25, -0.2) is 0 Å². The Labute approximate surface area is 108 Å². The number of aryl methyl sites for hydroxylation is 1. The first kappa shape index (κ1) is 13.6. The predicted octanol–water partition coefficient (Wildman–Crippen LogP) is 2.00. The Hall–Kier alpha value is -1.42. The maximum Gasteiger partial charge on any atom is 0.253 e. The highest BCUT2D eigenvalue weighted by Gasteiger charge is 2.11. The van der Waals surface area contributed by atoms with Crippen LogP contribution in [0.5, 0.6) is 0 Å². The molecule has 0 radical (unpaired) electrons. The maximum atomic E-state index is 12.0. The van der Waals surface area contributed by atoms with Gasteiger partial charge in [0.05, 0.1) is 4.99 Å². The molecule has 0 aromatic heterocycles. The number of hydrogen-bond acceptors (Lipinski definition) is 2. The van der Waals surface area contributed by atoms with Gasteiger partial charge in [-0.2, -0.15) is 0 Å². The van der Waals surface area contributed by atoms with Gasteiger partial charge in [-0.05, 0) is 24.1 Å². The first-order chi connectivity index (χ1) is 8.04. The smallest absolute Gasteiger partial charge is 0.253 e. The van der Waals surface area contributed by atoms with Crippen molar-refractivity contribution in [1.82, 2.24) is 4.90 Å². The maximum absolute atomic E-state index is 12.0. The van der Waals surface area contributed by atoms with Crippen molar-refractivity contribution in [1.29, 1.82) is 0 Å². The van der Waals surface area contributed by atoms with Crippen molar-refractivity contribution in [2.24, 2.45) is 5.73 Å². The van der Waals surface area contributed by atoms with E-state index in [1.165, 1.54) is 5.56 Å². The van der Waals surface area contributed by atoms with Gasteiger partial charge in [0.2, 0.25) is 0 Å². The zero-order valence-electron chi connectivity index (χ0n) is 10.3. The standard InChI is InChI=1S/C13H18N2OS/c1-3-10-4-6-11(7-5-10)13(16)15(2)9-8-12(14)17/h4-7H,3,8-9H2,1-2H3,(H2,14,17). The molecule has 0 saturated carbocycles. The minimum atomic E-state index is 0.00361. The summed E-state index contributed by atoms with van der Waals surface area (Å²) >= 11 is 4.79. The fraction of sp³-hybridized carbons (Fsp3) is 0.385. The molecule has 2 N–H and O–H groups in total. The fourth-order valence-electron chi connectivity index (χ4n) is 1.48. The quantitative estimate of drug-likeness (QED) is 0.813. The second kappa shape index (κ2) is 6.35. The van der Waals surface area contributed by atoms with E-state index in [0.29, 0.717) is 23.5 Å². The Balaban J connectivity index is 2.64. The summed E-state index contributed by atoms with van der Waals surface area (Å²) in [7, 11) is 1.76. The average Bonchev–Trinajstić information content (AvgIpc) is 2.35. The van der Waals surface area contributed by atoms with Gasteiger partial charge < -0.3 is 10.6 Å². The van der Waals surface area contributed by atoms with E-state index in [-0.39, 0.29) is 5.91 Å². The lowest BCUT2D eigenvalue weighted by Gasteiger charge is -2.16. The van der Waals surface area contributed by atoms with E-state index < -0.39 is 0 Å². The van der Waals surface area contributed by atoms with Gasteiger partial charge in [0.15, 0.2) is 0 Å². The van der Waals surface area contributed by atoms with Gasteiger partial charge in [0.1, 0.15) is 0 Å². The van der Waals surface area contributed by atoms with Crippen LogP contribution < -0.4 is 5.73 Å². The third kappa shape index (κ3) is 4.15. The van der Waals surface area contributed by atoms with Crippen molar-refractivity contribution >= 4 is 23.1 Å². The number of nitrogens with zero attached hydrogens (tertiary/aromatic N) is 1. The molecule has 92 valence electrons. The Morgan fingerprint density at radius 1 is 1.35 bits per heavy atom. The highest BCUT2D eigenvalue weighted by atomic mass is 32.1. The Morgan fingerprint density at radius 3 is 2.41 bits per heavy atom. The van der Waals surface area contributed by atoms with Crippen LogP contribution in [0.2, 0.25) is 0 Å². The summed E-state index contributed by atoms with van der Waals surface area (Å²) in [5.74, 6) is 0.00361. The second-order valence-corrected chi connectivity index (χ2v) is 4.52. The summed E-state index contributed by atoms with van der Waals surface area (Å²) in [5, 5.41) is 0. The second-order valence-electron chi connectivity index (χ2n) is 3.99. The summed E-state index contributed by atoms with van der Waals surface area (Å²) in [4.78, 5) is 14.1. The van der Waals surface area contributed by atoms with Gasteiger partial charge >= 0.3 is 0 Å². The molecule has 0 heterocycles. The summed E-state index contributed by atoms with van der Waals surface area (Å²) in [5.41, 5.74) is 7.34. The topological polar surface area (TPSA) is 46.3 Å². The van der Waals surface area contributed by atoms with E-state index in [1.807, 2.05) is 24.3 Å². The summed E-state index contributed by atoms with van der Waals surface area (Å²) in [6, 6.07) is 7.68. The molecule has 17 heavy (non-hydrogen) atoms. The van der Waals surface area contributed by atoms with E-state index >= 15 is 0 Å². The number of carbonyl (C=O) groups is 1. The Bertz CT molecular complexity index is 400. The van der Waals surface area contributed by atoms with Gasteiger partial charge in [-0.1, -0.05) is 31.3 Å². The van der Waals surface area contributed by atoms with E-state index in [0.717, 1.165) is 6.42 Å². The molecule has 3 nitrogen and oxygen atoms in total. The number of hydrogen-bond donors (Lipinski definition) is 1. The highest BCUT2D eigenvalue weighted by Crippen LogP contribution is 2.07. The lowest BCUT2D eigenvalue weighted by Crippen LogP contribution is -2.30. The lowest BCUT2D eigenvalue weighted by molar-refractivity contribution is 0.0799. The van der Waals surface area contributed by atoms with Gasteiger partial charge in [0.25, 0.3) is 5.91 Å². The van der Waals surface area contributed by atoms with Crippen LogP contribution in [0, 0.1) is 0 Å². The molecular formula is C13H18N2OS. The van der Waals surface area contributed by atoms with Crippen molar-refractivity contribution in [3.05, 3.63) is 35.4 Å². The molecule has 0 saturated heterocycles. The first-order valence-electron chi connectivity index (χ1n) is 5.67. The number of carbonyl (C=O) groups excluding carboxylic acids is 1. The van der Waals surface area contributed by atoms with Gasteiger partial charge in [-0.15, -0.1) is 0 Å². The third-order valence-electron chi connectivity index (χ3n) is 2.65. The average molecular weight is 250 g/mol. The van der Waals surface area contributed by atoms with Crippen LogP contribution >= 0.6 is 12.2 Å². The van der Waals surface area contributed by atoms with Crippen LogP contribution in [0.25, 0.3) is 0 Å². The van der Waals surface area contributed by atoms with Crippen molar-refractivity contribution in [2.45, 2.75) is 19.8 Å². The SMILES string of the molecule is CCc1ccc(C(=O)N(C)CCC(N)=S)cc1. The fourth-order valence-corrected chi connectivity index (χ4v) is 1.57. The molecule has 0 spiro atoms. The molecular weight excluding hydrogens is 232 g/mol. The molecule has 0 aliphatic carbocycles. The molecule has 0 unspecified atom stereocenters. The number of amides is 1. The van der Waals surface area contributed by atoms with E-state index in [4.69, 9.17) is 18.0 Å². The molecule has 4 heteroatoms. The number of thiocarbonyl (C=S) groups is 1. The van der Waals surface area contributed by atoms with Crippen molar-refractivity contribution in [2.75, 3.05) is 13.6 Å². The monoisotopic (exact) mass is 250 g/mol. The zero-order valence-corrected chi connectivity index (χ0v) is 11.1. The molecule has 1 aromatic carbocycles. The number of nitrogens with two attached hydrogens (primary N) is 1. The third-order valence-corrected chi connectivity index (χ3v) is 2.85. The van der Waals surface area contributed by atoms with Crippen molar-refractivity contribution < 1.29 is 4.79 Å². The van der Waals surface area contributed by atoms with Crippen LogP contribution in [0.4, 0.5) is 0 Å². The predicted molar refractivity (Wildman–Crippen MR) is 74.2 cm³/mol. The molecule has 0 atom stereocenters. The van der Waals surface area contributed by atoms with Gasteiger partial charge in [-0.3, -0.25) is 4.79 Å². The van der Waals surface area contributed by atoms with Crippen LogP contribution in [0.1, 0.15) is 29.3 Å². The van der Waals surface area contributed by atoms with E-state index in [9.17, 15) is 4.79 Å². The summed E-state index contributed by atoms with van der Waals surface area (Å²) in [6.07, 6.45) is 1.54.